The number of aromatic nitrogens is 1. The first-order valence-electron chi connectivity index (χ1n) is 7.70. The van der Waals surface area contributed by atoms with E-state index in [1.165, 1.54) is 29.1 Å². The fraction of sp³-hybridized carbons (Fsp3) is 0.467. The summed E-state index contributed by atoms with van der Waals surface area (Å²) in [5, 5.41) is 0. The number of carbonyl (C=O) groups is 1. The summed E-state index contributed by atoms with van der Waals surface area (Å²) in [6.07, 6.45) is 1.94. The lowest BCUT2D eigenvalue weighted by Gasteiger charge is -2.24. The van der Waals surface area contributed by atoms with Crippen molar-refractivity contribution >= 4 is 27.2 Å². The second-order valence-corrected chi connectivity index (χ2v) is 8.01. The van der Waals surface area contributed by atoms with E-state index in [1.54, 1.807) is 23.1 Å². The molecule has 24 heavy (non-hydrogen) atoms. The van der Waals surface area contributed by atoms with E-state index >= 15 is 0 Å². The highest BCUT2D eigenvalue weighted by atomic mass is 32.2. The van der Waals surface area contributed by atoms with E-state index in [-0.39, 0.29) is 12.5 Å². The molecule has 0 bridgehead atoms. The number of hydrogen-bond acceptors (Lipinski definition) is 5. The van der Waals surface area contributed by atoms with Crippen LogP contribution in [0.3, 0.4) is 0 Å². The Morgan fingerprint density at radius 3 is 2.75 bits per heavy atom. The van der Waals surface area contributed by atoms with Crippen molar-refractivity contribution in [2.75, 3.05) is 40.3 Å². The molecule has 2 heterocycles. The summed E-state index contributed by atoms with van der Waals surface area (Å²) in [6.45, 7) is 1.58. The molecule has 130 valence electrons. The molecular weight excluding hydrogens is 332 g/mol. The second kappa shape index (κ2) is 6.50. The molecule has 1 saturated heterocycles. The van der Waals surface area contributed by atoms with E-state index in [9.17, 15) is 13.2 Å². The Morgan fingerprint density at radius 2 is 2.00 bits per heavy atom. The lowest BCUT2D eigenvalue weighted by atomic mass is 10.1. The van der Waals surface area contributed by atoms with Gasteiger partial charge in [0.15, 0.2) is 12.0 Å². The number of oxazole rings is 1. The fourth-order valence-corrected chi connectivity index (χ4v) is 3.86. The Balaban J connectivity index is 1.74. The Morgan fingerprint density at radius 1 is 1.21 bits per heavy atom. The third-order valence-corrected chi connectivity index (χ3v) is 6.05. The lowest BCUT2D eigenvalue weighted by Crippen LogP contribution is -2.42. The van der Waals surface area contributed by atoms with Crippen LogP contribution in [-0.2, 0) is 10.2 Å². The minimum absolute atomic E-state index is 0.127. The Hall–Kier alpha value is -1.97. The van der Waals surface area contributed by atoms with Gasteiger partial charge in [-0.1, -0.05) is 0 Å². The van der Waals surface area contributed by atoms with Gasteiger partial charge in [-0.3, -0.25) is 4.79 Å². The van der Waals surface area contributed by atoms with Crippen molar-refractivity contribution in [3.8, 4) is 0 Å². The molecule has 1 aliphatic rings. The van der Waals surface area contributed by atoms with Crippen LogP contribution in [0.5, 0.6) is 0 Å². The maximum atomic E-state index is 12.7. The molecular formula is C15H20N4O4S. The summed E-state index contributed by atoms with van der Waals surface area (Å²) in [4.78, 5) is 18.4. The summed E-state index contributed by atoms with van der Waals surface area (Å²) in [6, 6.07) is 5.13. The molecule has 0 unspecified atom stereocenters. The summed E-state index contributed by atoms with van der Waals surface area (Å²) >= 11 is 0. The highest BCUT2D eigenvalue weighted by Crippen LogP contribution is 2.17. The van der Waals surface area contributed by atoms with Crippen molar-refractivity contribution in [3.63, 3.8) is 0 Å². The quantitative estimate of drug-likeness (QED) is 0.815. The van der Waals surface area contributed by atoms with Gasteiger partial charge in [-0.25, -0.2) is 4.98 Å². The second-order valence-electron chi connectivity index (χ2n) is 5.87. The largest absolute Gasteiger partial charge is 0.443 e. The molecule has 1 amide bonds. The SMILES string of the molecule is CN(C)S(=O)(=O)N1CCCN(C(=O)c2ccc3ncoc3c2)CC1. The van der Waals surface area contributed by atoms with E-state index in [1.807, 2.05) is 0 Å². The standard InChI is InChI=1S/C15H20N4O4S/c1-17(2)24(21,22)19-7-3-6-18(8-9-19)15(20)12-4-5-13-14(10-12)23-11-16-13/h4-5,10-11H,3,6-9H2,1-2H3. The molecule has 0 atom stereocenters. The van der Waals surface area contributed by atoms with E-state index in [2.05, 4.69) is 4.98 Å². The van der Waals surface area contributed by atoms with Crippen LogP contribution in [0.4, 0.5) is 0 Å². The number of rotatable bonds is 3. The van der Waals surface area contributed by atoms with Crippen LogP contribution in [0.25, 0.3) is 11.1 Å². The first-order chi connectivity index (χ1) is 11.4. The molecule has 9 heteroatoms. The van der Waals surface area contributed by atoms with Crippen LogP contribution in [0.15, 0.2) is 29.0 Å². The van der Waals surface area contributed by atoms with Crippen molar-refractivity contribution in [2.24, 2.45) is 0 Å². The van der Waals surface area contributed by atoms with Gasteiger partial charge in [0.2, 0.25) is 0 Å². The van der Waals surface area contributed by atoms with Crippen LogP contribution >= 0.6 is 0 Å². The van der Waals surface area contributed by atoms with Crippen LogP contribution in [0, 0.1) is 0 Å². The smallest absolute Gasteiger partial charge is 0.281 e. The van der Waals surface area contributed by atoms with Gasteiger partial charge >= 0.3 is 0 Å². The van der Waals surface area contributed by atoms with Gasteiger partial charge in [0, 0.05) is 45.8 Å². The van der Waals surface area contributed by atoms with Crippen molar-refractivity contribution in [1.82, 2.24) is 18.5 Å². The van der Waals surface area contributed by atoms with Crippen LogP contribution in [0.2, 0.25) is 0 Å². The first-order valence-corrected chi connectivity index (χ1v) is 9.09. The fourth-order valence-electron chi connectivity index (χ4n) is 2.73. The summed E-state index contributed by atoms with van der Waals surface area (Å²) in [5.41, 5.74) is 1.78. The topological polar surface area (TPSA) is 87.0 Å². The molecule has 1 aliphatic heterocycles. The summed E-state index contributed by atoms with van der Waals surface area (Å²) in [5.74, 6) is -0.127. The van der Waals surface area contributed by atoms with Crippen LogP contribution in [-0.4, -0.2) is 73.1 Å². The number of amides is 1. The molecule has 0 spiro atoms. The van der Waals surface area contributed by atoms with Crippen molar-refractivity contribution in [2.45, 2.75) is 6.42 Å². The van der Waals surface area contributed by atoms with Gasteiger partial charge < -0.3 is 9.32 Å². The first kappa shape index (κ1) is 16.9. The van der Waals surface area contributed by atoms with E-state index in [0.717, 1.165) is 0 Å². The third kappa shape index (κ3) is 3.14. The van der Waals surface area contributed by atoms with Gasteiger partial charge in [-0.2, -0.15) is 17.0 Å². The highest BCUT2D eigenvalue weighted by Gasteiger charge is 2.28. The molecule has 0 saturated carbocycles. The van der Waals surface area contributed by atoms with Gasteiger partial charge in [0.05, 0.1) is 0 Å². The van der Waals surface area contributed by atoms with Gasteiger partial charge in [0.25, 0.3) is 16.1 Å². The van der Waals surface area contributed by atoms with E-state index in [4.69, 9.17) is 4.42 Å². The van der Waals surface area contributed by atoms with Gasteiger partial charge in [-0.05, 0) is 24.6 Å². The molecule has 1 fully saturated rings. The van der Waals surface area contributed by atoms with E-state index in [0.29, 0.717) is 42.7 Å². The Bertz CT molecular complexity index is 846. The van der Waals surface area contributed by atoms with Crippen molar-refractivity contribution in [1.29, 1.82) is 0 Å². The summed E-state index contributed by atoms with van der Waals surface area (Å²) < 4.78 is 32.3. The van der Waals surface area contributed by atoms with Crippen molar-refractivity contribution in [3.05, 3.63) is 30.2 Å². The van der Waals surface area contributed by atoms with E-state index < -0.39 is 10.2 Å². The molecule has 0 aliphatic carbocycles. The minimum atomic E-state index is -3.45. The third-order valence-electron chi connectivity index (χ3n) is 4.11. The zero-order valence-electron chi connectivity index (χ0n) is 13.7. The molecule has 1 aromatic heterocycles. The van der Waals surface area contributed by atoms with Gasteiger partial charge in [0.1, 0.15) is 5.52 Å². The molecule has 2 aromatic rings. The van der Waals surface area contributed by atoms with Gasteiger partial charge in [-0.15, -0.1) is 0 Å². The molecule has 1 aromatic carbocycles. The Kier molecular flexibility index (Phi) is 4.57. The number of benzene rings is 1. The van der Waals surface area contributed by atoms with Crippen LogP contribution < -0.4 is 0 Å². The number of carbonyl (C=O) groups excluding carboxylic acids is 1. The molecule has 0 N–H and O–H groups in total. The average molecular weight is 352 g/mol. The number of fused-ring (bicyclic) bond motifs is 1. The lowest BCUT2D eigenvalue weighted by molar-refractivity contribution is 0.0764. The predicted octanol–water partition coefficient (Wildman–Crippen LogP) is 0.782. The Labute approximate surface area is 140 Å². The molecule has 8 nitrogen and oxygen atoms in total. The maximum absolute atomic E-state index is 12.7. The summed E-state index contributed by atoms with van der Waals surface area (Å²) in [7, 11) is -0.434. The predicted molar refractivity (Wildman–Crippen MR) is 88.7 cm³/mol. The number of hydrogen-bond donors (Lipinski definition) is 0. The molecule has 3 rings (SSSR count). The zero-order chi connectivity index (χ0) is 17.3. The zero-order valence-corrected chi connectivity index (χ0v) is 14.5. The highest BCUT2D eigenvalue weighted by molar-refractivity contribution is 7.86. The normalized spacial score (nSPS) is 17.4. The maximum Gasteiger partial charge on any atom is 0.281 e. The monoisotopic (exact) mass is 352 g/mol. The minimum Gasteiger partial charge on any atom is -0.443 e. The van der Waals surface area contributed by atoms with Crippen molar-refractivity contribution < 1.29 is 17.6 Å². The average Bonchev–Trinajstić information content (AvgIpc) is 2.87. The van der Waals surface area contributed by atoms with Crippen LogP contribution in [0.1, 0.15) is 16.8 Å². The molecule has 0 radical (unpaired) electrons. The number of nitrogens with zero attached hydrogens (tertiary/aromatic N) is 4.